The van der Waals surface area contributed by atoms with Crippen LogP contribution in [0.3, 0.4) is 0 Å². The molecule has 152 valence electrons. The lowest BCUT2D eigenvalue weighted by Gasteiger charge is -2.29. The Bertz CT molecular complexity index is 911. The molecule has 5 rings (SSSR count). The standard InChI is InChI=1S/C25H30N2O2/c1-17(28)27-15-22-14-26(16-23(22)25(27)18-7-4-3-5-8-18)13-21-11-19-9-6-10-20(19)12-24(21)29-2/h3-5,7-8,11-12,22-23,25H,6,9-10,13-16H2,1-2H3/t22-,23-,25+/m1/s1. The number of aryl methyl sites for hydroxylation is 2. The van der Waals surface area contributed by atoms with Crippen molar-refractivity contribution in [2.45, 2.75) is 38.8 Å². The van der Waals surface area contributed by atoms with Gasteiger partial charge in [0.1, 0.15) is 5.75 Å². The van der Waals surface area contributed by atoms with Crippen LogP contribution < -0.4 is 4.74 Å². The van der Waals surface area contributed by atoms with Crippen molar-refractivity contribution in [3.63, 3.8) is 0 Å². The minimum atomic E-state index is 0.195. The van der Waals surface area contributed by atoms with E-state index in [2.05, 4.69) is 52.3 Å². The molecule has 2 aromatic rings. The van der Waals surface area contributed by atoms with Gasteiger partial charge in [-0.15, -0.1) is 0 Å². The topological polar surface area (TPSA) is 32.8 Å². The van der Waals surface area contributed by atoms with Crippen molar-refractivity contribution in [2.24, 2.45) is 11.8 Å². The smallest absolute Gasteiger partial charge is 0.219 e. The fourth-order valence-corrected chi connectivity index (χ4v) is 5.87. The lowest BCUT2D eigenvalue weighted by Crippen LogP contribution is -2.34. The molecule has 4 heteroatoms. The molecule has 2 heterocycles. The summed E-state index contributed by atoms with van der Waals surface area (Å²) < 4.78 is 5.73. The van der Waals surface area contributed by atoms with Gasteiger partial charge in [0.15, 0.2) is 0 Å². The number of amides is 1. The van der Waals surface area contributed by atoms with Crippen molar-refractivity contribution in [3.05, 3.63) is 64.7 Å². The lowest BCUT2D eigenvalue weighted by atomic mass is 9.89. The van der Waals surface area contributed by atoms with E-state index in [0.717, 1.165) is 31.9 Å². The summed E-state index contributed by atoms with van der Waals surface area (Å²) in [6.07, 6.45) is 3.64. The summed E-state index contributed by atoms with van der Waals surface area (Å²) in [7, 11) is 1.79. The Labute approximate surface area is 173 Å². The summed E-state index contributed by atoms with van der Waals surface area (Å²) in [6, 6.07) is 15.4. The highest BCUT2D eigenvalue weighted by molar-refractivity contribution is 5.74. The van der Waals surface area contributed by atoms with Crippen LogP contribution in [0.15, 0.2) is 42.5 Å². The van der Waals surface area contributed by atoms with Gasteiger partial charge in [0.25, 0.3) is 0 Å². The van der Waals surface area contributed by atoms with Crippen LogP contribution in [0.4, 0.5) is 0 Å². The number of carbonyl (C=O) groups excluding carboxylic acids is 1. The van der Waals surface area contributed by atoms with Crippen molar-refractivity contribution in [3.8, 4) is 5.75 Å². The van der Waals surface area contributed by atoms with Crippen LogP contribution in [-0.4, -0.2) is 42.5 Å². The van der Waals surface area contributed by atoms with Gasteiger partial charge in [-0.1, -0.05) is 36.4 Å². The molecule has 29 heavy (non-hydrogen) atoms. The van der Waals surface area contributed by atoms with E-state index in [1.54, 1.807) is 14.0 Å². The average Bonchev–Trinajstić information content (AvgIpc) is 3.41. The molecule has 3 aliphatic rings. The highest BCUT2D eigenvalue weighted by atomic mass is 16.5. The zero-order valence-corrected chi connectivity index (χ0v) is 17.4. The minimum Gasteiger partial charge on any atom is -0.496 e. The van der Waals surface area contributed by atoms with Gasteiger partial charge in [-0.05, 0) is 47.9 Å². The number of ether oxygens (including phenoxy) is 1. The van der Waals surface area contributed by atoms with E-state index in [0.29, 0.717) is 11.8 Å². The molecule has 0 saturated carbocycles. The summed E-state index contributed by atoms with van der Waals surface area (Å²) in [6.45, 7) is 5.61. The third-order valence-corrected chi connectivity index (χ3v) is 7.17. The van der Waals surface area contributed by atoms with Crippen LogP contribution in [0.1, 0.15) is 41.6 Å². The molecule has 0 N–H and O–H groups in total. The molecule has 0 bridgehead atoms. The number of carbonyl (C=O) groups is 1. The second-order valence-corrected chi connectivity index (χ2v) is 8.93. The molecular weight excluding hydrogens is 360 g/mol. The average molecular weight is 391 g/mol. The maximum absolute atomic E-state index is 12.3. The highest BCUT2D eigenvalue weighted by Gasteiger charge is 2.48. The van der Waals surface area contributed by atoms with Crippen LogP contribution in [0, 0.1) is 11.8 Å². The van der Waals surface area contributed by atoms with Crippen molar-refractivity contribution >= 4 is 5.91 Å². The molecular formula is C25H30N2O2. The molecule has 0 spiro atoms. The normalized spacial score (nSPS) is 25.9. The molecule has 1 aliphatic carbocycles. The van der Waals surface area contributed by atoms with Gasteiger partial charge in [0.2, 0.25) is 5.91 Å². The van der Waals surface area contributed by atoms with Crippen LogP contribution in [0.25, 0.3) is 0 Å². The highest BCUT2D eigenvalue weighted by Crippen LogP contribution is 2.45. The second-order valence-electron chi connectivity index (χ2n) is 8.93. The molecule has 2 aliphatic heterocycles. The molecule has 1 amide bonds. The predicted molar refractivity (Wildman–Crippen MR) is 114 cm³/mol. The maximum Gasteiger partial charge on any atom is 0.219 e. The number of nitrogens with zero attached hydrogens (tertiary/aromatic N) is 2. The Morgan fingerprint density at radius 1 is 1.07 bits per heavy atom. The first-order valence-electron chi connectivity index (χ1n) is 10.9. The number of methoxy groups -OCH3 is 1. The number of rotatable bonds is 4. The maximum atomic E-state index is 12.3. The number of hydrogen-bond acceptors (Lipinski definition) is 3. The van der Waals surface area contributed by atoms with Crippen LogP contribution >= 0.6 is 0 Å². The molecule has 3 atom stereocenters. The Morgan fingerprint density at radius 3 is 2.55 bits per heavy atom. The number of benzene rings is 2. The Balaban J connectivity index is 1.37. The molecule has 2 fully saturated rings. The summed E-state index contributed by atoms with van der Waals surface area (Å²) in [5.74, 6) is 2.28. The molecule has 0 radical (unpaired) electrons. The van der Waals surface area contributed by atoms with Crippen LogP contribution in [0.2, 0.25) is 0 Å². The van der Waals surface area contributed by atoms with Crippen LogP contribution in [0.5, 0.6) is 5.75 Å². The summed E-state index contributed by atoms with van der Waals surface area (Å²) in [5.41, 5.74) is 5.55. The Kier molecular flexibility index (Phi) is 4.83. The van der Waals surface area contributed by atoms with Crippen molar-refractivity contribution in [1.29, 1.82) is 0 Å². The van der Waals surface area contributed by atoms with E-state index in [1.165, 1.54) is 41.5 Å². The van der Waals surface area contributed by atoms with Gasteiger partial charge in [0.05, 0.1) is 13.2 Å². The van der Waals surface area contributed by atoms with Gasteiger partial charge >= 0.3 is 0 Å². The third kappa shape index (κ3) is 3.33. The van der Waals surface area contributed by atoms with E-state index < -0.39 is 0 Å². The molecule has 0 aromatic heterocycles. The van der Waals surface area contributed by atoms with Gasteiger partial charge in [0, 0.05) is 44.6 Å². The van der Waals surface area contributed by atoms with Gasteiger partial charge < -0.3 is 9.64 Å². The number of fused-ring (bicyclic) bond motifs is 2. The minimum absolute atomic E-state index is 0.195. The van der Waals surface area contributed by atoms with Crippen molar-refractivity contribution in [2.75, 3.05) is 26.7 Å². The molecule has 4 nitrogen and oxygen atoms in total. The molecule has 2 aromatic carbocycles. The summed E-state index contributed by atoms with van der Waals surface area (Å²) >= 11 is 0. The van der Waals surface area contributed by atoms with E-state index >= 15 is 0 Å². The van der Waals surface area contributed by atoms with Gasteiger partial charge in [-0.2, -0.15) is 0 Å². The molecule has 2 saturated heterocycles. The van der Waals surface area contributed by atoms with Gasteiger partial charge in [-0.25, -0.2) is 0 Å². The zero-order valence-electron chi connectivity index (χ0n) is 17.4. The zero-order chi connectivity index (χ0) is 20.0. The quantitative estimate of drug-likeness (QED) is 0.795. The molecule has 0 unspecified atom stereocenters. The first-order valence-corrected chi connectivity index (χ1v) is 10.9. The largest absolute Gasteiger partial charge is 0.496 e. The van der Waals surface area contributed by atoms with E-state index in [1.807, 2.05) is 0 Å². The van der Waals surface area contributed by atoms with Crippen LogP contribution in [-0.2, 0) is 24.2 Å². The van der Waals surface area contributed by atoms with E-state index in [-0.39, 0.29) is 11.9 Å². The predicted octanol–water partition coefficient (Wildman–Crippen LogP) is 3.84. The number of likely N-dealkylation sites (tertiary alicyclic amines) is 2. The Morgan fingerprint density at radius 2 is 1.83 bits per heavy atom. The first-order chi connectivity index (χ1) is 14.1. The van der Waals surface area contributed by atoms with E-state index in [9.17, 15) is 4.79 Å². The fraction of sp³-hybridized carbons (Fsp3) is 0.480. The third-order valence-electron chi connectivity index (χ3n) is 7.17. The summed E-state index contributed by atoms with van der Waals surface area (Å²) in [4.78, 5) is 17.0. The van der Waals surface area contributed by atoms with E-state index in [4.69, 9.17) is 4.74 Å². The second kappa shape index (κ2) is 7.49. The van der Waals surface area contributed by atoms with Crippen molar-refractivity contribution in [1.82, 2.24) is 9.80 Å². The van der Waals surface area contributed by atoms with Gasteiger partial charge in [-0.3, -0.25) is 9.69 Å². The summed E-state index contributed by atoms with van der Waals surface area (Å²) in [5, 5.41) is 0. The fourth-order valence-electron chi connectivity index (χ4n) is 5.87. The Hall–Kier alpha value is -2.33. The van der Waals surface area contributed by atoms with Crippen molar-refractivity contribution < 1.29 is 9.53 Å². The monoisotopic (exact) mass is 390 g/mol. The number of hydrogen-bond donors (Lipinski definition) is 0. The SMILES string of the molecule is COc1cc2c(cc1CN1C[C@@H]3CN(C(C)=O)[C@@H](c4ccccc4)[C@@H]3C1)CCC2. The first kappa shape index (κ1) is 18.7. The lowest BCUT2D eigenvalue weighted by molar-refractivity contribution is -0.130.